The quantitative estimate of drug-likeness (QED) is 0.437. The van der Waals surface area contributed by atoms with E-state index in [9.17, 15) is 14.7 Å². The molecule has 0 aromatic heterocycles. The molecular formula is C22H23NO5. The molecule has 6 nitrogen and oxygen atoms in total. The summed E-state index contributed by atoms with van der Waals surface area (Å²) in [5.74, 6) is -0.961. The van der Waals surface area contributed by atoms with E-state index in [0.717, 1.165) is 5.56 Å². The second kappa shape index (κ2) is 8.71. The lowest BCUT2D eigenvalue weighted by atomic mass is 9.95. The van der Waals surface area contributed by atoms with E-state index in [2.05, 4.69) is 0 Å². The minimum absolute atomic E-state index is 0.0540. The summed E-state index contributed by atoms with van der Waals surface area (Å²) >= 11 is 0. The van der Waals surface area contributed by atoms with Gasteiger partial charge in [-0.2, -0.15) is 0 Å². The molecule has 2 N–H and O–H groups in total. The van der Waals surface area contributed by atoms with E-state index in [1.54, 1.807) is 24.3 Å². The average Bonchev–Trinajstić information content (AvgIpc) is 2.98. The Balaban J connectivity index is 2.08. The number of amides is 1. The van der Waals surface area contributed by atoms with Crippen LogP contribution in [-0.2, 0) is 9.59 Å². The largest absolute Gasteiger partial charge is 0.507 e. The number of hydrogen-bond donors (Lipinski definition) is 2. The molecule has 1 aliphatic heterocycles. The number of ketones is 1. The van der Waals surface area contributed by atoms with Gasteiger partial charge in [0.1, 0.15) is 11.5 Å². The average molecular weight is 381 g/mol. The molecule has 0 bridgehead atoms. The predicted octanol–water partition coefficient (Wildman–Crippen LogP) is 2.89. The summed E-state index contributed by atoms with van der Waals surface area (Å²) in [5.41, 5.74) is 1.22. The van der Waals surface area contributed by atoms with Gasteiger partial charge in [0.05, 0.1) is 18.2 Å². The third kappa shape index (κ3) is 3.77. The number of carbonyl (C=O) groups excluding carboxylic acids is 2. The fourth-order valence-electron chi connectivity index (χ4n) is 3.36. The fraction of sp³-hybridized carbons (Fsp3) is 0.273. The molecule has 1 aliphatic rings. The van der Waals surface area contributed by atoms with E-state index in [0.29, 0.717) is 24.3 Å². The third-order valence-corrected chi connectivity index (χ3v) is 4.65. The highest BCUT2D eigenvalue weighted by molar-refractivity contribution is 6.46. The molecule has 0 saturated carbocycles. The number of hydrogen-bond acceptors (Lipinski definition) is 5. The molecule has 0 aliphatic carbocycles. The van der Waals surface area contributed by atoms with Gasteiger partial charge in [-0.1, -0.05) is 30.3 Å². The van der Waals surface area contributed by atoms with Gasteiger partial charge in [-0.05, 0) is 43.2 Å². The number of aliphatic hydroxyl groups is 2. The van der Waals surface area contributed by atoms with Gasteiger partial charge in [0, 0.05) is 18.7 Å². The molecule has 6 heteroatoms. The number of nitrogens with zero attached hydrogens (tertiary/aromatic N) is 1. The van der Waals surface area contributed by atoms with Gasteiger partial charge in [0.25, 0.3) is 11.7 Å². The van der Waals surface area contributed by atoms with Crippen molar-refractivity contribution in [3.05, 3.63) is 71.3 Å². The van der Waals surface area contributed by atoms with Crippen molar-refractivity contribution in [3.63, 3.8) is 0 Å². The van der Waals surface area contributed by atoms with E-state index in [1.165, 1.54) is 4.90 Å². The number of benzene rings is 2. The van der Waals surface area contributed by atoms with Crippen molar-refractivity contribution in [2.75, 3.05) is 19.8 Å². The number of carbonyl (C=O) groups is 2. The van der Waals surface area contributed by atoms with Crippen molar-refractivity contribution in [3.8, 4) is 5.75 Å². The summed E-state index contributed by atoms with van der Waals surface area (Å²) in [6.45, 7) is 2.53. The lowest BCUT2D eigenvalue weighted by Crippen LogP contribution is -2.31. The van der Waals surface area contributed by atoms with Crippen molar-refractivity contribution in [1.82, 2.24) is 4.90 Å². The van der Waals surface area contributed by atoms with Gasteiger partial charge in [0.2, 0.25) is 0 Å². The van der Waals surface area contributed by atoms with Crippen LogP contribution >= 0.6 is 0 Å². The van der Waals surface area contributed by atoms with Crippen LogP contribution in [0.4, 0.5) is 0 Å². The Kier molecular flexibility index (Phi) is 6.11. The van der Waals surface area contributed by atoms with E-state index in [4.69, 9.17) is 9.84 Å². The van der Waals surface area contributed by atoms with E-state index in [-0.39, 0.29) is 24.5 Å². The molecule has 2 aromatic rings. The van der Waals surface area contributed by atoms with Crippen LogP contribution in [0.15, 0.2) is 60.2 Å². The summed E-state index contributed by atoms with van der Waals surface area (Å²) < 4.78 is 5.41. The summed E-state index contributed by atoms with van der Waals surface area (Å²) in [4.78, 5) is 26.8. The van der Waals surface area contributed by atoms with E-state index in [1.807, 2.05) is 37.3 Å². The van der Waals surface area contributed by atoms with E-state index < -0.39 is 17.7 Å². The van der Waals surface area contributed by atoms with Crippen molar-refractivity contribution in [2.45, 2.75) is 19.4 Å². The maximum Gasteiger partial charge on any atom is 0.295 e. The van der Waals surface area contributed by atoms with Crippen molar-refractivity contribution in [2.24, 2.45) is 0 Å². The fourth-order valence-corrected chi connectivity index (χ4v) is 3.36. The van der Waals surface area contributed by atoms with Crippen LogP contribution in [0.2, 0.25) is 0 Å². The first-order chi connectivity index (χ1) is 13.6. The Morgan fingerprint density at radius 3 is 2.36 bits per heavy atom. The zero-order valence-electron chi connectivity index (χ0n) is 15.7. The van der Waals surface area contributed by atoms with Crippen LogP contribution in [0.5, 0.6) is 5.75 Å². The first-order valence-electron chi connectivity index (χ1n) is 9.26. The Hall–Kier alpha value is -3.12. The van der Waals surface area contributed by atoms with E-state index >= 15 is 0 Å². The Morgan fingerprint density at radius 2 is 1.75 bits per heavy atom. The normalized spacial score (nSPS) is 18.5. The van der Waals surface area contributed by atoms with Gasteiger partial charge >= 0.3 is 0 Å². The molecule has 1 saturated heterocycles. The van der Waals surface area contributed by atoms with Gasteiger partial charge in [-0.3, -0.25) is 9.59 Å². The van der Waals surface area contributed by atoms with Crippen LogP contribution in [0, 0.1) is 0 Å². The zero-order valence-corrected chi connectivity index (χ0v) is 15.7. The third-order valence-electron chi connectivity index (χ3n) is 4.65. The Bertz CT molecular complexity index is 874. The van der Waals surface area contributed by atoms with Gasteiger partial charge in [0.15, 0.2) is 0 Å². The summed E-state index contributed by atoms with van der Waals surface area (Å²) in [5, 5.41) is 20.1. The van der Waals surface area contributed by atoms with Crippen molar-refractivity contribution < 1.29 is 24.5 Å². The molecular weight excluding hydrogens is 358 g/mol. The lowest BCUT2D eigenvalue weighted by molar-refractivity contribution is -0.140. The predicted molar refractivity (Wildman–Crippen MR) is 105 cm³/mol. The standard InChI is InChI=1S/C22H23NO5/c1-2-28-17-11-9-16(10-12-17)20(25)18-19(15-7-4-3-5-8-15)23(13-6-14-24)22(27)21(18)26/h3-5,7-12,19,24-25H,2,6,13-14H2,1H3. The second-order valence-electron chi connectivity index (χ2n) is 6.44. The van der Waals surface area contributed by atoms with Crippen molar-refractivity contribution in [1.29, 1.82) is 0 Å². The van der Waals surface area contributed by atoms with Crippen LogP contribution in [-0.4, -0.2) is 46.6 Å². The van der Waals surface area contributed by atoms with Gasteiger partial charge in [-0.25, -0.2) is 0 Å². The highest BCUT2D eigenvalue weighted by atomic mass is 16.5. The smallest absolute Gasteiger partial charge is 0.295 e. The number of ether oxygens (including phenoxy) is 1. The number of likely N-dealkylation sites (tertiary alicyclic amines) is 1. The maximum atomic E-state index is 12.8. The molecule has 28 heavy (non-hydrogen) atoms. The van der Waals surface area contributed by atoms with Crippen LogP contribution in [0.3, 0.4) is 0 Å². The molecule has 146 valence electrons. The zero-order chi connectivity index (χ0) is 20.1. The van der Waals surface area contributed by atoms with Crippen LogP contribution in [0.1, 0.15) is 30.5 Å². The minimum Gasteiger partial charge on any atom is -0.507 e. The minimum atomic E-state index is -0.724. The van der Waals surface area contributed by atoms with Gasteiger partial charge in [-0.15, -0.1) is 0 Å². The summed E-state index contributed by atoms with van der Waals surface area (Å²) in [6, 6.07) is 15.1. The molecule has 1 amide bonds. The Morgan fingerprint density at radius 1 is 1.07 bits per heavy atom. The molecule has 1 fully saturated rings. The lowest BCUT2D eigenvalue weighted by Gasteiger charge is -2.25. The molecule has 3 rings (SSSR count). The first kappa shape index (κ1) is 19.6. The first-order valence-corrected chi connectivity index (χ1v) is 9.26. The molecule has 0 radical (unpaired) electrons. The summed E-state index contributed by atoms with van der Waals surface area (Å²) in [6.07, 6.45) is 0.347. The second-order valence-corrected chi connectivity index (χ2v) is 6.44. The molecule has 1 atom stereocenters. The van der Waals surface area contributed by atoms with Gasteiger partial charge < -0.3 is 19.8 Å². The molecule has 1 unspecified atom stereocenters. The van der Waals surface area contributed by atoms with Crippen LogP contribution in [0.25, 0.3) is 5.76 Å². The number of aliphatic hydroxyl groups excluding tert-OH is 2. The SMILES string of the molecule is CCOc1ccc(C(O)=C2C(=O)C(=O)N(CCCO)C2c2ccccc2)cc1. The molecule has 0 spiro atoms. The molecule has 1 heterocycles. The monoisotopic (exact) mass is 381 g/mol. The number of rotatable bonds is 7. The van der Waals surface area contributed by atoms with Crippen LogP contribution < -0.4 is 4.74 Å². The topological polar surface area (TPSA) is 87.1 Å². The highest BCUT2D eigenvalue weighted by Gasteiger charge is 2.45. The van der Waals surface area contributed by atoms with Crippen molar-refractivity contribution >= 4 is 17.4 Å². The maximum absolute atomic E-state index is 12.8. The Labute approximate surface area is 163 Å². The molecule has 2 aromatic carbocycles. The summed E-state index contributed by atoms with van der Waals surface area (Å²) in [7, 11) is 0. The number of Topliss-reactive ketones (excluding diaryl/α,β-unsaturated/α-hetero) is 1. The highest BCUT2D eigenvalue weighted by Crippen LogP contribution is 2.39.